The minimum absolute atomic E-state index is 0.614. The number of nitriles is 1. The zero-order chi connectivity index (χ0) is 43.8. The van der Waals surface area contributed by atoms with Gasteiger partial charge in [0.05, 0.1) is 39.1 Å². The highest BCUT2D eigenvalue weighted by atomic mass is 15.2. The van der Waals surface area contributed by atoms with E-state index in [2.05, 4.69) is 221 Å². The Kier molecular flexibility index (Phi) is 8.37. The Morgan fingerprint density at radius 3 is 1.00 bits per heavy atom. The Morgan fingerprint density at radius 2 is 0.621 bits per heavy atom. The molecule has 2 aliphatic heterocycles. The van der Waals surface area contributed by atoms with Crippen molar-refractivity contribution in [2.75, 3.05) is 9.80 Å². The van der Waals surface area contributed by atoms with E-state index in [0.29, 0.717) is 5.56 Å². The molecule has 1 aromatic heterocycles. The summed E-state index contributed by atoms with van der Waals surface area (Å²) in [5, 5.41) is 10.5. The molecule has 3 aliphatic rings. The maximum Gasteiger partial charge on any atom is 0.101 e. The molecule has 0 saturated heterocycles. The third-order valence-electron chi connectivity index (χ3n) is 14.3. The monoisotopic (exact) mass is 840 g/mol. The second-order valence-electron chi connectivity index (χ2n) is 17.3. The maximum atomic E-state index is 10.5. The van der Waals surface area contributed by atoms with Crippen LogP contribution >= 0.6 is 0 Å². The van der Waals surface area contributed by atoms with Gasteiger partial charge in [-0.3, -0.25) is 4.98 Å². The van der Waals surface area contributed by atoms with Crippen molar-refractivity contribution >= 4 is 34.1 Å². The van der Waals surface area contributed by atoms with Crippen molar-refractivity contribution < 1.29 is 0 Å². The van der Waals surface area contributed by atoms with Crippen LogP contribution in [-0.4, -0.2) is 4.98 Å². The zero-order valence-electron chi connectivity index (χ0n) is 35.9. The molecule has 0 N–H and O–H groups in total. The molecule has 66 heavy (non-hydrogen) atoms. The van der Waals surface area contributed by atoms with Gasteiger partial charge in [-0.1, -0.05) is 182 Å². The summed E-state index contributed by atoms with van der Waals surface area (Å²) in [5.74, 6) is 0. The summed E-state index contributed by atoms with van der Waals surface area (Å²) in [5.41, 5.74) is 19.6. The van der Waals surface area contributed by atoms with Crippen LogP contribution in [0.4, 0.5) is 34.1 Å². The SMILES string of the molecule is N#Cc1c(-c2ccccc2)cncc1-c1ccc(N2c3ccccc3C3(c4ccccc42)c2ccccc2C2(c4ccccc4N(c4ccccc4)c4ccccc42)c2ccccc23)cc1. The molecule has 0 atom stereocenters. The first-order valence-corrected chi connectivity index (χ1v) is 22.5. The Balaban J connectivity index is 1.04. The smallest absolute Gasteiger partial charge is 0.101 e. The molecular formula is C62H40N4. The molecule has 3 heterocycles. The van der Waals surface area contributed by atoms with Gasteiger partial charge in [0, 0.05) is 34.9 Å². The van der Waals surface area contributed by atoms with E-state index >= 15 is 0 Å². The molecule has 1 aliphatic carbocycles. The van der Waals surface area contributed by atoms with Crippen molar-refractivity contribution in [2.24, 2.45) is 0 Å². The van der Waals surface area contributed by atoms with Crippen LogP contribution in [0.5, 0.6) is 0 Å². The number of para-hydroxylation sites is 5. The molecule has 4 nitrogen and oxygen atoms in total. The number of benzene rings is 9. The number of nitrogens with zero attached hydrogens (tertiary/aromatic N) is 4. The zero-order valence-corrected chi connectivity index (χ0v) is 35.9. The van der Waals surface area contributed by atoms with Gasteiger partial charge < -0.3 is 9.80 Å². The Bertz CT molecular complexity index is 3420. The standard InChI is InChI=1S/C62H40N4/c63-39-46-47(42-19-3-1-4-20-42)40-64-41-48(46)43-35-37-45(38-36-43)66-59-33-17-13-29-55(59)62(56-30-14-18-34-60(56)66)51-25-9-7-23-49(51)61(50-24-8-10-26-52(50)62)53-27-11-15-31-57(53)65(44-21-5-2-6-22-44)58-32-16-12-28-54(58)61/h1-38,40-41H. The molecule has 0 radical (unpaired) electrons. The molecule has 2 spiro atoms. The van der Waals surface area contributed by atoms with E-state index in [9.17, 15) is 5.26 Å². The van der Waals surface area contributed by atoms with Crippen LogP contribution in [0.2, 0.25) is 0 Å². The Labute approximate surface area is 384 Å². The highest BCUT2D eigenvalue weighted by molar-refractivity contribution is 5.95. The van der Waals surface area contributed by atoms with Gasteiger partial charge in [0.2, 0.25) is 0 Å². The number of anilines is 6. The average Bonchev–Trinajstić information content (AvgIpc) is 3.40. The summed E-state index contributed by atoms with van der Waals surface area (Å²) in [6.07, 6.45) is 3.60. The summed E-state index contributed by atoms with van der Waals surface area (Å²) in [4.78, 5) is 9.47. The van der Waals surface area contributed by atoms with Crippen molar-refractivity contribution in [3.05, 3.63) is 293 Å². The first kappa shape index (κ1) is 37.7. The van der Waals surface area contributed by atoms with Crippen LogP contribution in [0.3, 0.4) is 0 Å². The third kappa shape index (κ3) is 5.05. The topological polar surface area (TPSA) is 43.2 Å². The van der Waals surface area contributed by atoms with Crippen molar-refractivity contribution in [1.82, 2.24) is 4.98 Å². The quantitative estimate of drug-likeness (QED) is 0.177. The van der Waals surface area contributed by atoms with Gasteiger partial charge in [0.25, 0.3) is 0 Å². The van der Waals surface area contributed by atoms with E-state index in [1.165, 1.54) is 55.9 Å². The fourth-order valence-electron chi connectivity index (χ4n) is 11.8. The van der Waals surface area contributed by atoms with Crippen LogP contribution in [0.1, 0.15) is 50.1 Å². The van der Waals surface area contributed by atoms with Crippen molar-refractivity contribution in [2.45, 2.75) is 10.8 Å². The van der Waals surface area contributed by atoms with Crippen molar-refractivity contribution in [3.63, 3.8) is 0 Å². The normalized spacial score (nSPS) is 14.2. The van der Waals surface area contributed by atoms with Gasteiger partial charge in [-0.05, 0) is 104 Å². The molecule has 0 amide bonds. The second-order valence-corrected chi connectivity index (χ2v) is 17.3. The van der Waals surface area contributed by atoms with E-state index in [4.69, 9.17) is 0 Å². The summed E-state index contributed by atoms with van der Waals surface area (Å²) < 4.78 is 0. The molecule has 4 heteroatoms. The largest absolute Gasteiger partial charge is 0.310 e. The predicted molar refractivity (Wildman–Crippen MR) is 266 cm³/mol. The van der Waals surface area contributed by atoms with Crippen LogP contribution < -0.4 is 9.80 Å². The minimum atomic E-state index is -0.673. The molecule has 9 aromatic carbocycles. The lowest BCUT2D eigenvalue weighted by atomic mass is 9.49. The molecule has 308 valence electrons. The van der Waals surface area contributed by atoms with Crippen molar-refractivity contribution in [3.8, 4) is 28.3 Å². The summed E-state index contributed by atoms with van der Waals surface area (Å²) in [7, 11) is 0. The molecule has 0 unspecified atom stereocenters. The highest BCUT2D eigenvalue weighted by Crippen LogP contribution is 2.67. The molecule has 0 saturated carbocycles. The van der Waals surface area contributed by atoms with Gasteiger partial charge in [0.15, 0.2) is 0 Å². The molecule has 13 rings (SSSR count). The number of aromatic nitrogens is 1. The van der Waals surface area contributed by atoms with E-state index in [1.54, 1.807) is 6.20 Å². The lowest BCUT2D eigenvalue weighted by molar-refractivity contribution is 0.607. The minimum Gasteiger partial charge on any atom is -0.310 e. The molecule has 10 aromatic rings. The fraction of sp³-hybridized carbons (Fsp3) is 0.0323. The van der Waals surface area contributed by atoms with Crippen LogP contribution in [0.15, 0.2) is 243 Å². The average molecular weight is 841 g/mol. The molecule has 0 bridgehead atoms. The maximum absolute atomic E-state index is 10.5. The number of pyridine rings is 1. The van der Waals surface area contributed by atoms with Crippen molar-refractivity contribution in [1.29, 1.82) is 5.26 Å². The Hall–Kier alpha value is -8.78. The van der Waals surface area contributed by atoms with Gasteiger partial charge in [0.1, 0.15) is 6.07 Å². The first-order valence-electron chi connectivity index (χ1n) is 22.5. The molecular weight excluding hydrogens is 801 g/mol. The summed E-state index contributed by atoms with van der Waals surface area (Å²) in [6.45, 7) is 0. The van der Waals surface area contributed by atoms with Gasteiger partial charge in [-0.2, -0.15) is 5.26 Å². The number of fused-ring (bicyclic) bond motifs is 14. The second kappa shape index (κ2) is 14.6. The van der Waals surface area contributed by atoms with Crippen LogP contribution in [-0.2, 0) is 10.8 Å². The first-order chi connectivity index (χ1) is 32.7. The van der Waals surface area contributed by atoms with Gasteiger partial charge >= 0.3 is 0 Å². The number of hydrogen-bond acceptors (Lipinski definition) is 4. The van der Waals surface area contributed by atoms with Gasteiger partial charge in [-0.15, -0.1) is 0 Å². The van der Waals surface area contributed by atoms with Crippen LogP contribution in [0.25, 0.3) is 22.3 Å². The Morgan fingerprint density at radius 1 is 0.318 bits per heavy atom. The van der Waals surface area contributed by atoms with E-state index in [-0.39, 0.29) is 0 Å². The lowest BCUT2D eigenvalue weighted by Gasteiger charge is -2.56. The molecule has 0 fully saturated rings. The number of rotatable bonds is 4. The van der Waals surface area contributed by atoms with Crippen LogP contribution in [0, 0.1) is 11.3 Å². The highest BCUT2D eigenvalue weighted by Gasteiger charge is 2.58. The summed E-state index contributed by atoms with van der Waals surface area (Å²) in [6, 6.07) is 86.4. The fourth-order valence-corrected chi connectivity index (χ4v) is 11.8. The van der Waals surface area contributed by atoms with E-state index in [1.807, 2.05) is 36.5 Å². The summed E-state index contributed by atoms with van der Waals surface area (Å²) >= 11 is 0. The third-order valence-corrected chi connectivity index (χ3v) is 14.3. The van der Waals surface area contributed by atoms with E-state index in [0.717, 1.165) is 45.0 Å². The lowest BCUT2D eigenvalue weighted by Crippen LogP contribution is -2.49. The van der Waals surface area contributed by atoms with E-state index < -0.39 is 10.8 Å². The number of hydrogen-bond donors (Lipinski definition) is 0. The predicted octanol–water partition coefficient (Wildman–Crippen LogP) is 14.9. The van der Waals surface area contributed by atoms with Gasteiger partial charge in [-0.25, -0.2) is 0 Å².